The molecule has 0 unspecified atom stereocenters. The molecular weight excluding hydrogens is 230 g/mol. The van der Waals surface area contributed by atoms with Crippen LogP contribution in [0, 0.1) is 0 Å². The van der Waals surface area contributed by atoms with Crippen LogP contribution < -0.4 is 10.5 Å². The van der Waals surface area contributed by atoms with Gasteiger partial charge in [-0.05, 0) is 18.2 Å². The summed E-state index contributed by atoms with van der Waals surface area (Å²) < 4.78 is 16.2. The topological polar surface area (TPSA) is 57.6 Å². The van der Waals surface area contributed by atoms with E-state index in [4.69, 9.17) is 19.6 Å². The van der Waals surface area contributed by atoms with Crippen molar-refractivity contribution in [2.24, 2.45) is 5.73 Å². The van der Waals surface area contributed by atoms with Gasteiger partial charge in [0.25, 0.3) is 0 Å². The van der Waals surface area contributed by atoms with E-state index in [0.29, 0.717) is 26.4 Å². The van der Waals surface area contributed by atoms with E-state index in [2.05, 4.69) is 0 Å². The Hall–Kier alpha value is -1.78. The fourth-order valence-electron chi connectivity index (χ4n) is 1.52. The molecule has 2 rings (SSSR count). The Balaban J connectivity index is 1.61. The second-order valence-corrected chi connectivity index (χ2v) is 3.84. The molecule has 1 heterocycles. The molecule has 4 heteroatoms. The molecule has 0 radical (unpaired) electrons. The highest BCUT2D eigenvalue weighted by atomic mass is 16.5. The van der Waals surface area contributed by atoms with Gasteiger partial charge in [0.2, 0.25) is 0 Å². The highest BCUT2D eigenvalue weighted by Gasteiger charge is 2.00. The molecular formula is C14H17NO3. The average molecular weight is 247 g/mol. The van der Waals surface area contributed by atoms with E-state index in [1.165, 1.54) is 0 Å². The SMILES string of the molecule is NCc1coc(COCCOc2ccccc2)c1. The predicted molar refractivity (Wildman–Crippen MR) is 68.2 cm³/mol. The largest absolute Gasteiger partial charge is 0.491 e. The number of hydrogen-bond donors (Lipinski definition) is 1. The summed E-state index contributed by atoms with van der Waals surface area (Å²) >= 11 is 0. The molecule has 0 bridgehead atoms. The standard InChI is InChI=1S/C14H17NO3/c15-9-12-8-14(18-10-12)11-16-6-7-17-13-4-2-1-3-5-13/h1-5,8,10H,6-7,9,11,15H2. The normalized spacial score (nSPS) is 10.5. The summed E-state index contributed by atoms with van der Waals surface area (Å²) in [5.74, 6) is 1.64. The Morgan fingerprint density at radius 3 is 2.67 bits per heavy atom. The summed E-state index contributed by atoms with van der Waals surface area (Å²) in [4.78, 5) is 0. The van der Waals surface area contributed by atoms with Crippen LogP contribution in [0.5, 0.6) is 5.75 Å². The number of ether oxygens (including phenoxy) is 2. The first-order valence-corrected chi connectivity index (χ1v) is 5.90. The molecule has 0 amide bonds. The quantitative estimate of drug-likeness (QED) is 0.763. The minimum atomic E-state index is 0.443. The van der Waals surface area contributed by atoms with Crippen LogP contribution in [0.25, 0.3) is 0 Å². The number of nitrogens with two attached hydrogens (primary N) is 1. The third-order valence-corrected chi connectivity index (χ3v) is 2.43. The van der Waals surface area contributed by atoms with Crippen molar-refractivity contribution in [3.05, 3.63) is 54.0 Å². The zero-order valence-corrected chi connectivity index (χ0v) is 10.2. The first-order valence-electron chi connectivity index (χ1n) is 5.90. The maximum Gasteiger partial charge on any atom is 0.129 e. The van der Waals surface area contributed by atoms with E-state index in [0.717, 1.165) is 17.1 Å². The average Bonchev–Trinajstić information content (AvgIpc) is 2.87. The van der Waals surface area contributed by atoms with Crippen LogP contribution in [-0.2, 0) is 17.9 Å². The summed E-state index contributed by atoms with van der Waals surface area (Å²) in [6.45, 7) is 1.97. The van der Waals surface area contributed by atoms with Crippen molar-refractivity contribution >= 4 is 0 Å². The van der Waals surface area contributed by atoms with Crippen molar-refractivity contribution in [2.45, 2.75) is 13.2 Å². The third-order valence-electron chi connectivity index (χ3n) is 2.43. The van der Waals surface area contributed by atoms with Crippen LogP contribution in [0.1, 0.15) is 11.3 Å². The van der Waals surface area contributed by atoms with Crippen molar-refractivity contribution in [1.29, 1.82) is 0 Å². The van der Waals surface area contributed by atoms with Crippen molar-refractivity contribution in [3.8, 4) is 5.75 Å². The maximum atomic E-state index is 5.49. The molecule has 0 saturated heterocycles. The van der Waals surface area contributed by atoms with Crippen LogP contribution >= 0.6 is 0 Å². The lowest BCUT2D eigenvalue weighted by Crippen LogP contribution is -2.06. The maximum absolute atomic E-state index is 5.49. The second-order valence-electron chi connectivity index (χ2n) is 3.84. The predicted octanol–water partition coefficient (Wildman–Crippen LogP) is 2.33. The van der Waals surface area contributed by atoms with Gasteiger partial charge in [-0.2, -0.15) is 0 Å². The first kappa shape index (κ1) is 12.7. The van der Waals surface area contributed by atoms with Crippen LogP contribution in [-0.4, -0.2) is 13.2 Å². The molecule has 0 atom stereocenters. The molecule has 0 aliphatic carbocycles. The zero-order chi connectivity index (χ0) is 12.6. The van der Waals surface area contributed by atoms with Gasteiger partial charge in [-0.15, -0.1) is 0 Å². The molecule has 2 N–H and O–H groups in total. The van der Waals surface area contributed by atoms with Gasteiger partial charge in [-0.3, -0.25) is 0 Å². The van der Waals surface area contributed by atoms with Crippen molar-refractivity contribution in [2.75, 3.05) is 13.2 Å². The minimum absolute atomic E-state index is 0.443. The summed E-state index contributed by atoms with van der Waals surface area (Å²) in [5, 5.41) is 0. The number of rotatable bonds is 7. The summed E-state index contributed by atoms with van der Waals surface area (Å²) in [7, 11) is 0. The van der Waals surface area contributed by atoms with E-state index in [1.54, 1.807) is 6.26 Å². The van der Waals surface area contributed by atoms with Crippen LogP contribution in [0.3, 0.4) is 0 Å². The van der Waals surface area contributed by atoms with Gasteiger partial charge >= 0.3 is 0 Å². The fraction of sp³-hybridized carbons (Fsp3) is 0.286. The summed E-state index contributed by atoms with van der Waals surface area (Å²) in [6, 6.07) is 11.6. The molecule has 18 heavy (non-hydrogen) atoms. The molecule has 0 fully saturated rings. The molecule has 0 aliphatic rings. The molecule has 1 aromatic heterocycles. The number of para-hydroxylation sites is 1. The zero-order valence-electron chi connectivity index (χ0n) is 10.2. The Morgan fingerprint density at radius 2 is 1.94 bits per heavy atom. The molecule has 96 valence electrons. The van der Waals surface area contributed by atoms with Gasteiger partial charge in [0.05, 0.1) is 12.9 Å². The van der Waals surface area contributed by atoms with Gasteiger partial charge in [0.1, 0.15) is 24.7 Å². The highest BCUT2D eigenvalue weighted by molar-refractivity contribution is 5.20. The number of benzene rings is 1. The summed E-state index contributed by atoms with van der Waals surface area (Å²) in [5.41, 5.74) is 6.46. The number of furan rings is 1. The molecule has 0 saturated carbocycles. The van der Waals surface area contributed by atoms with Crippen molar-refractivity contribution < 1.29 is 13.9 Å². The van der Waals surface area contributed by atoms with Gasteiger partial charge in [0.15, 0.2) is 0 Å². The molecule has 0 spiro atoms. The van der Waals surface area contributed by atoms with Crippen molar-refractivity contribution in [1.82, 2.24) is 0 Å². The smallest absolute Gasteiger partial charge is 0.129 e. The van der Waals surface area contributed by atoms with Gasteiger partial charge in [-0.1, -0.05) is 18.2 Å². The summed E-state index contributed by atoms with van der Waals surface area (Å²) in [6.07, 6.45) is 1.65. The number of hydrogen-bond acceptors (Lipinski definition) is 4. The van der Waals surface area contributed by atoms with Crippen LogP contribution in [0.15, 0.2) is 47.1 Å². The molecule has 0 aliphatic heterocycles. The van der Waals surface area contributed by atoms with Crippen LogP contribution in [0.4, 0.5) is 0 Å². The highest BCUT2D eigenvalue weighted by Crippen LogP contribution is 2.09. The Bertz CT molecular complexity index is 453. The first-order chi connectivity index (χ1) is 8.88. The van der Waals surface area contributed by atoms with E-state index in [9.17, 15) is 0 Å². The van der Waals surface area contributed by atoms with E-state index in [1.807, 2.05) is 36.4 Å². The Kier molecular flexibility index (Phi) is 4.81. The van der Waals surface area contributed by atoms with E-state index < -0.39 is 0 Å². The van der Waals surface area contributed by atoms with E-state index in [-0.39, 0.29) is 0 Å². The monoisotopic (exact) mass is 247 g/mol. The Morgan fingerprint density at radius 1 is 1.11 bits per heavy atom. The lowest BCUT2D eigenvalue weighted by molar-refractivity contribution is 0.0781. The molecule has 1 aromatic carbocycles. The Labute approximate surface area is 106 Å². The van der Waals surface area contributed by atoms with Crippen molar-refractivity contribution in [3.63, 3.8) is 0 Å². The van der Waals surface area contributed by atoms with Crippen LogP contribution in [0.2, 0.25) is 0 Å². The lowest BCUT2D eigenvalue weighted by Gasteiger charge is -2.05. The van der Waals surface area contributed by atoms with Gasteiger partial charge in [-0.25, -0.2) is 0 Å². The lowest BCUT2D eigenvalue weighted by atomic mass is 10.3. The third kappa shape index (κ3) is 3.91. The van der Waals surface area contributed by atoms with Gasteiger partial charge in [0, 0.05) is 12.1 Å². The fourth-order valence-corrected chi connectivity index (χ4v) is 1.52. The minimum Gasteiger partial charge on any atom is -0.491 e. The molecule has 2 aromatic rings. The second kappa shape index (κ2) is 6.83. The molecule has 4 nitrogen and oxygen atoms in total. The van der Waals surface area contributed by atoms with Gasteiger partial charge < -0.3 is 19.6 Å². The van der Waals surface area contributed by atoms with E-state index >= 15 is 0 Å².